The predicted octanol–water partition coefficient (Wildman–Crippen LogP) is 5.52. The molecule has 2 aromatic carbocycles. The molecule has 0 radical (unpaired) electrons. The van der Waals surface area contributed by atoms with Crippen LogP contribution in [0.2, 0.25) is 0 Å². The third kappa shape index (κ3) is 3.00. The van der Waals surface area contributed by atoms with Gasteiger partial charge >= 0.3 is 0 Å². The van der Waals surface area contributed by atoms with Crippen LogP contribution in [0.15, 0.2) is 48.0 Å². The standard InChI is InChI=1S/C11H12.C10H10/c1-8-6-10-4-3-5-11(10)7-9(8)2;1-8-6-9-4-2-3-5-10(9)7-8/h3-4,6-7H,5H2,1-2H3;2-6H,7H2,1H3. The van der Waals surface area contributed by atoms with E-state index in [4.69, 9.17) is 0 Å². The minimum Gasteiger partial charge on any atom is -0.0795 e. The van der Waals surface area contributed by atoms with Crippen LogP contribution >= 0.6 is 0 Å². The number of hydrogen-bond acceptors (Lipinski definition) is 0. The van der Waals surface area contributed by atoms with E-state index in [-0.39, 0.29) is 0 Å². The molecule has 2 aliphatic carbocycles. The van der Waals surface area contributed by atoms with Gasteiger partial charge in [-0.3, -0.25) is 0 Å². The van der Waals surface area contributed by atoms with E-state index in [1.54, 1.807) is 0 Å². The van der Waals surface area contributed by atoms with Crippen LogP contribution in [-0.4, -0.2) is 0 Å². The highest BCUT2D eigenvalue weighted by molar-refractivity contribution is 5.63. The lowest BCUT2D eigenvalue weighted by molar-refractivity contribution is 1.20. The van der Waals surface area contributed by atoms with Crippen molar-refractivity contribution in [3.05, 3.63) is 81.4 Å². The number of allylic oxidation sites excluding steroid dienone is 2. The van der Waals surface area contributed by atoms with Gasteiger partial charge in [-0.05, 0) is 67.0 Å². The summed E-state index contributed by atoms with van der Waals surface area (Å²) in [6.45, 7) is 6.52. The average molecular weight is 274 g/mol. The van der Waals surface area contributed by atoms with Crippen molar-refractivity contribution < 1.29 is 0 Å². The molecule has 2 aliphatic rings. The summed E-state index contributed by atoms with van der Waals surface area (Å²) in [6, 6.07) is 13.1. The molecule has 0 heteroatoms. The van der Waals surface area contributed by atoms with Crippen molar-refractivity contribution in [2.75, 3.05) is 0 Å². The lowest BCUT2D eigenvalue weighted by atomic mass is 10.0. The van der Waals surface area contributed by atoms with Crippen LogP contribution in [0, 0.1) is 13.8 Å². The molecule has 0 aliphatic heterocycles. The lowest BCUT2D eigenvalue weighted by Gasteiger charge is -2.03. The van der Waals surface area contributed by atoms with Gasteiger partial charge < -0.3 is 0 Å². The van der Waals surface area contributed by atoms with Gasteiger partial charge in [-0.1, -0.05) is 60.2 Å². The summed E-state index contributed by atoms with van der Waals surface area (Å²) in [5.74, 6) is 0. The van der Waals surface area contributed by atoms with Crippen LogP contribution in [-0.2, 0) is 12.8 Å². The first-order chi connectivity index (χ1) is 10.1. The molecule has 2 aromatic rings. The van der Waals surface area contributed by atoms with Gasteiger partial charge in [-0.15, -0.1) is 0 Å². The third-order valence-corrected chi connectivity index (χ3v) is 4.32. The fraction of sp³-hybridized carbons (Fsp3) is 0.238. The molecule has 0 saturated carbocycles. The summed E-state index contributed by atoms with van der Waals surface area (Å²) in [6.07, 6.45) is 8.97. The summed E-state index contributed by atoms with van der Waals surface area (Å²) in [7, 11) is 0. The second-order valence-corrected chi connectivity index (χ2v) is 6.11. The van der Waals surface area contributed by atoms with E-state index in [9.17, 15) is 0 Å². The second-order valence-electron chi connectivity index (χ2n) is 6.11. The Labute approximate surface area is 127 Å². The van der Waals surface area contributed by atoms with Crippen molar-refractivity contribution in [1.29, 1.82) is 0 Å². The maximum Gasteiger partial charge on any atom is -0.00606 e. The Morgan fingerprint density at radius 3 is 2.38 bits per heavy atom. The summed E-state index contributed by atoms with van der Waals surface area (Å²) in [4.78, 5) is 0. The summed E-state index contributed by atoms with van der Waals surface area (Å²) >= 11 is 0. The Morgan fingerprint density at radius 2 is 1.57 bits per heavy atom. The van der Waals surface area contributed by atoms with E-state index in [1.165, 1.54) is 39.0 Å². The van der Waals surface area contributed by atoms with E-state index in [0.29, 0.717) is 0 Å². The molecule has 0 amide bonds. The van der Waals surface area contributed by atoms with Gasteiger partial charge in [0.05, 0.1) is 0 Å². The molecule has 4 rings (SSSR count). The fourth-order valence-corrected chi connectivity index (χ4v) is 3.00. The SMILES string of the molecule is CC1=Cc2ccccc2C1.Cc1cc2c(cc1C)CC=C2. The van der Waals surface area contributed by atoms with Crippen LogP contribution in [0.5, 0.6) is 0 Å². The normalized spacial score (nSPS) is 14.1. The first-order valence-electron chi connectivity index (χ1n) is 7.65. The minimum atomic E-state index is 1.12. The zero-order chi connectivity index (χ0) is 14.8. The zero-order valence-corrected chi connectivity index (χ0v) is 13.1. The maximum absolute atomic E-state index is 2.30. The summed E-state index contributed by atoms with van der Waals surface area (Å²) in [5.41, 5.74) is 10.0. The minimum absolute atomic E-state index is 1.12. The van der Waals surface area contributed by atoms with Gasteiger partial charge in [0, 0.05) is 0 Å². The topological polar surface area (TPSA) is 0 Å². The molecule has 0 aromatic heterocycles. The van der Waals surface area contributed by atoms with Gasteiger partial charge in [-0.25, -0.2) is 0 Å². The third-order valence-electron chi connectivity index (χ3n) is 4.32. The van der Waals surface area contributed by atoms with Crippen molar-refractivity contribution in [3.63, 3.8) is 0 Å². The van der Waals surface area contributed by atoms with Crippen molar-refractivity contribution in [1.82, 2.24) is 0 Å². The van der Waals surface area contributed by atoms with E-state index in [0.717, 1.165) is 12.8 Å². The van der Waals surface area contributed by atoms with Crippen LogP contribution in [0.4, 0.5) is 0 Å². The number of fused-ring (bicyclic) bond motifs is 2. The first kappa shape index (κ1) is 13.9. The largest absolute Gasteiger partial charge is 0.0795 e. The molecule has 0 nitrogen and oxygen atoms in total. The summed E-state index contributed by atoms with van der Waals surface area (Å²) in [5, 5.41) is 0. The quantitative estimate of drug-likeness (QED) is 0.593. The highest BCUT2D eigenvalue weighted by atomic mass is 14.1. The van der Waals surface area contributed by atoms with Crippen molar-refractivity contribution in [3.8, 4) is 0 Å². The fourth-order valence-electron chi connectivity index (χ4n) is 3.00. The lowest BCUT2D eigenvalue weighted by Crippen LogP contribution is -1.86. The zero-order valence-electron chi connectivity index (χ0n) is 13.1. The molecule has 0 N–H and O–H groups in total. The Morgan fingerprint density at radius 1 is 0.810 bits per heavy atom. The van der Waals surface area contributed by atoms with Gasteiger partial charge in [0.2, 0.25) is 0 Å². The van der Waals surface area contributed by atoms with Crippen molar-refractivity contribution in [2.45, 2.75) is 33.6 Å². The van der Waals surface area contributed by atoms with Crippen LogP contribution in [0.25, 0.3) is 12.2 Å². The summed E-state index contributed by atoms with van der Waals surface area (Å²) < 4.78 is 0. The molecular formula is C21H22. The highest BCUT2D eigenvalue weighted by Crippen LogP contribution is 2.23. The molecule has 0 saturated heterocycles. The Kier molecular flexibility index (Phi) is 3.79. The van der Waals surface area contributed by atoms with Crippen molar-refractivity contribution >= 4 is 12.2 Å². The van der Waals surface area contributed by atoms with E-state index in [1.807, 2.05) is 0 Å². The molecule has 106 valence electrons. The maximum atomic E-state index is 2.30. The number of hydrogen-bond donors (Lipinski definition) is 0. The molecule has 0 unspecified atom stereocenters. The second kappa shape index (κ2) is 5.73. The first-order valence-corrected chi connectivity index (χ1v) is 7.65. The van der Waals surface area contributed by atoms with Crippen LogP contribution in [0.1, 0.15) is 40.3 Å². The monoisotopic (exact) mass is 274 g/mol. The molecule has 0 bridgehead atoms. The van der Waals surface area contributed by atoms with Gasteiger partial charge in [0.15, 0.2) is 0 Å². The smallest absolute Gasteiger partial charge is 0.00606 e. The van der Waals surface area contributed by atoms with Gasteiger partial charge in [0.1, 0.15) is 0 Å². The van der Waals surface area contributed by atoms with Gasteiger partial charge in [-0.2, -0.15) is 0 Å². The molecule has 0 heterocycles. The van der Waals surface area contributed by atoms with E-state index < -0.39 is 0 Å². The number of rotatable bonds is 0. The highest BCUT2D eigenvalue weighted by Gasteiger charge is 2.06. The Hall–Kier alpha value is -2.08. The molecule has 0 atom stereocenters. The average Bonchev–Trinajstić information content (AvgIpc) is 3.04. The van der Waals surface area contributed by atoms with E-state index in [2.05, 4.69) is 75.4 Å². The van der Waals surface area contributed by atoms with E-state index >= 15 is 0 Å². The number of aryl methyl sites for hydroxylation is 2. The van der Waals surface area contributed by atoms with Crippen molar-refractivity contribution in [2.24, 2.45) is 0 Å². The molecular weight excluding hydrogens is 252 g/mol. The molecule has 21 heavy (non-hydrogen) atoms. The van der Waals surface area contributed by atoms with Gasteiger partial charge in [0.25, 0.3) is 0 Å². The number of benzene rings is 2. The Balaban J connectivity index is 0.000000126. The van der Waals surface area contributed by atoms with Crippen LogP contribution < -0.4 is 0 Å². The molecule has 0 spiro atoms. The predicted molar refractivity (Wildman–Crippen MR) is 92.5 cm³/mol. The molecule has 0 fully saturated rings. The Bertz CT molecular complexity index is 730. The van der Waals surface area contributed by atoms with Crippen LogP contribution in [0.3, 0.4) is 0 Å².